The van der Waals surface area contributed by atoms with Gasteiger partial charge in [-0.1, -0.05) is 12.1 Å². The predicted molar refractivity (Wildman–Crippen MR) is 92.3 cm³/mol. The molecule has 3 rings (SSSR count). The van der Waals surface area contributed by atoms with E-state index in [1.54, 1.807) is 11.2 Å². The molecule has 1 amide bonds. The van der Waals surface area contributed by atoms with Crippen molar-refractivity contribution < 1.29 is 18.5 Å². The first-order valence-electron chi connectivity index (χ1n) is 9.05. The first kappa shape index (κ1) is 17.7. The number of hydrogen-bond acceptors (Lipinski definition) is 5. The van der Waals surface area contributed by atoms with Crippen LogP contribution in [0.3, 0.4) is 0 Å². The molecule has 2 heterocycles. The Hall–Kier alpha value is -2.08. The molecule has 0 N–H and O–H groups in total. The molecule has 0 bridgehead atoms. The van der Waals surface area contributed by atoms with Crippen LogP contribution in [0.15, 0.2) is 27.3 Å². The fourth-order valence-electron chi connectivity index (χ4n) is 3.24. The Morgan fingerprint density at radius 1 is 1.48 bits per heavy atom. The van der Waals surface area contributed by atoms with Gasteiger partial charge in [-0.3, -0.25) is 4.79 Å². The Morgan fingerprint density at radius 3 is 3.12 bits per heavy atom. The number of fused-ring (bicyclic) bond motifs is 1. The molecular weight excluding hydrogens is 320 g/mol. The maximum absolute atomic E-state index is 13.1. The molecule has 1 aliphatic carbocycles. The van der Waals surface area contributed by atoms with E-state index in [-0.39, 0.29) is 5.91 Å². The molecule has 0 aromatic carbocycles. The van der Waals surface area contributed by atoms with E-state index in [0.717, 1.165) is 42.8 Å². The highest BCUT2D eigenvalue weighted by atomic mass is 16.5. The maximum atomic E-state index is 13.1. The fourth-order valence-corrected chi connectivity index (χ4v) is 3.24. The number of rotatable bonds is 8. The van der Waals surface area contributed by atoms with Crippen LogP contribution in [0, 0.1) is 5.92 Å². The van der Waals surface area contributed by atoms with Crippen LogP contribution in [0.4, 0.5) is 0 Å². The van der Waals surface area contributed by atoms with Gasteiger partial charge < -0.3 is 18.6 Å². The number of carbonyl (C=O) groups is 1. The van der Waals surface area contributed by atoms with Crippen molar-refractivity contribution in [2.75, 3.05) is 19.8 Å². The molecular formula is C19H26N2O4. The van der Waals surface area contributed by atoms with Crippen LogP contribution in [0.2, 0.25) is 0 Å². The van der Waals surface area contributed by atoms with E-state index in [4.69, 9.17) is 13.7 Å². The van der Waals surface area contributed by atoms with Crippen molar-refractivity contribution in [3.05, 3.63) is 41.2 Å². The second-order valence-electron chi connectivity index (χ2n) is 6.64. The largest absolute Gasteiger partial charge is 0.467 e. The van der Waals surface area contributed by atoms with Crippen LogP contribution in [0.1, 0.15) is 54.3 Å². The Balaban J connectivity index is 1.75. The van der Waals surface area contributed by atoms with Crippen LogP contribution in [-0.4, -0.2) is 35.7 Å². The van der Waals surface area contributed by atoms with E-state index in [9.17, 15) is 4.79 Å². The lowest BCUT2D eigenvalue weighted by atomic mass is 9.88. The average Bonchev–Trinajstić information content (AvgIpc) is 3.26. The third-order valence-electron chi connectivity index (χ3n) is 4.62. The molecule has 0 fully saturated rings. The van der Waals surface area contributed by atoms with E-state index in [1.807, 2.05) is 19.1 Å². The summed E-state index contributed by atoms with van der Waals surface area (Å²) in [5.74, 6) is 2.09. The van der Waals surface area contributed by atoms with Crippen molar-refractivity contribution in [3.63, 3.8) is 0 Å². The van der Waals surface area contributed by atoms with Crippen molar-refractivity contribution in [2.24, 2.45) is 5.92 Å². The summed E-state index contributed by atoms with van der Waals surface area (Å²) in [6.07, 6.45) is 5.20. The zero-order valence-corrected chi connectivity index (χ0v) is 15.0. The van der Waals surface area contributed by atoms with E-state index in [1.165, 1.54) is 0 Å². The Morgan fingerprint density at radius 2 is 2.36 bits per heavy atom. The lowest BCUT2D eigenvalue weighted by Crippen LogP contribution is -2.33. The first-order chi connectivity index (χ1) is 12.2. The second-order valence-corrected chi connectivity index (χ2v) is 6.64. The minimum atomic E-state index is -0.0907. The van der Waals surface area contributed by atoms with Gasteiger partial charge in [-0.05, 0) is 44.2 Å². The highest BCUT2D eigenvalue weighted by Gasteiger charge is 2.29. The Labute approximate surface area is 148 Å². The van der Waals surface area contributed by atoms with Gasteiger partial charge in [0.1, 0.15) is 11.5 Å². The Kier molecular flexibility index (Phi) is 5.91. The van der Waals surface area contributed by atoms with E-state index >= 15 is 0 Å². The van der Waals surface area contributed by atoms with Gasteiger partial charge in [0, 0.05) is 31.7 Å². The van der Waals surface area contributed by atoms with Gasteiger partial charge >= 0.3 is 0 Å². The van der Waals surface area contributed by atoms with Gasteiger partial charge in [0.2, 0.25) is 0 Å². The summed E-state index contributed by atoms with van der Waals surface area (Å²) < 4.78 is 16.3. The zero-order chi connectivity index (χ0) is 17.6. The molecule has 6 heteroatoms. The molecule has 0 radical (unpaired) electrons. The Bertz CT molecular complexity index is 678. The first-order valence-corrected chi connectivity index (χ1v) is 9.05. The third kappa shape index (κ3) is 4.31. The van der Waals surface area contributed by atoms with Crippen molar-refractivity contribution in [1.82, 2.24) is 10.1 Å². The number of carbonyl (C=O) groups excluding carboxylic acids is 1. The third-order valence-corrected chi connectivity index (χ3v) is 4.62. The molecule has 1 aliphatic rings. The van der Waals surface area contributed by atoms with E-state index in [0.29, 0.717) is 37.9 Å². The lowest BCUT2D eigenvalue weighted by Gasteiger charge is -2.22. The van der Waals surface area contributed by atoms with Crippen LogP contribution < -0.4 is 0 Å². The van der Waals surface area contributed by atoms with Gasteiger partial charge in [0.05, 0.1) is 12.8 Å². The van der Waals surface area contributed by atoms with Gasteiger partial charge in [0.25, 0.3) is 5.91 Å². The number of aromatic nitrogens is 1. The van der Waals surface area contributed by atoms with Gasteiger partial charge in [-0.25, -0.2) is 0 Å². The SMILES string of the molecule is CCOCCCN(Cc1ccco1)C(=O)c1noc2c1CC(C)CC2. The molecule has 1 atom stereocenters. The quantitative estimate of drug-likeness (QED) is 0.685. The molecule has 0 saturated carbocycles. The minimum absolute atomic E-state index is 0.0907. The highest BCUT2D eigenvalue weighted by molar-refractivity contribution is 5.93. The minimum Gasteiger partial charge on any atom is -0.467 e. The van der Waals surface area contributed by atoms with Gasteiger partial charge in [0.15, 0.2) is 5.69 Å². The number of amides is 1. The number of furan rings is 1. The summed E-state index contributed by atoms with van der Waals surface area (Å²) >= 11 is 0. The smallest absolute Gasteiger partial charge is 0.276 e. The zero-order valence-electron chi connectivity index (χ0n) is 15.0. The molecule has 136 valence electrons. The summed E-state index contributed by atoms with van der Waals surface area (Å²) in [4.78, 5) is 14.9. The topological polar surface area (TPSA) is 68.7 Å². The summed E-state index contributed by atoms with van der Waals surface area (Å²) in [5.41, 5.74) is 1.45. The number of nitrogens with zero attached hydrogens (tertiary/aromatic N) is 2. The lowest BCUT2D eigenvalue weighted by molar-refractivity contribution is 0.0688. The average molecular weight is 346 g/mol. The molecule has 2 aromatic rings. The maximum Gasteiger partial charge on any atom is 0.276 e. The molecule has 0 spiro atoms. The highest BCUT2D eigenvalue weighted by Crippen LogP contribution is 2.28. The summed E-state index contributed by atoms with van der Waals surface area (Å²) in [5, 5.41) is 4.10. The standard InChI is InChI=1S/C19H26N2O4/c1-3-23-10-5-9-21(13-15-6-4-11-24-15)19(22)18-16-12-14(2)7-8-17(16)25-20-18/h4,6,11,14H,3,5,7-10,12-13H2,1-2H3. The summed E-state index contributed by atoms with van der Waals surface area (Å²) in [6.45, 7) is 6.50. The molecule has 2 aromatic heterocycles. The molecule has 1 unspecified atom stereocenters. The van der Waals surface area contributed by atoms with Crippen LogP contribution >= 0.6 is 0 Å². The van der Waals surface area contributed by atoms with Gasteiger partial charge in [-0.2, -0.15) is 0 Å². The molecule has 6 nitrogen and oxygen atoms in total. The molecule has 0 aliphatic heterocycles. The van der Waals surface area contributed by atoms with Gasteiger partial charge in [-0.15, -0.1) is 0 Å². The number of ether oxygens (including phenoxy) is 1. The van der Waals surface area contributed by atoms with Crippen LogP contribution in [0.5, 0.6) is 0 Å². The number of aryl methyl sites for hydroxylation is 1. The monoisotopic (exact) mass is 346 g/mol. The van der Waals surface area contributed by atoms with Crippen molar-refractivity contribution >= 4 is 5.91 Å². The summed E-state index contributed by atoms with van der Waals surface area (Å²) in [6, 6.07) is 3.71. The van der Waals surface area contributed by atoms with Crippen molar-refractivity contribution in [1.29, 1.82) is 0 Å². The fraction of sp³-hybridized carbons (Fsp3) is 0.579. The number of hydrogen-bond donors (Lipinski definition) is 0. The predicted octanol–water partition coefficient (Wildman–Crippen LogP) is 3.46. The molecule has 0 saturated heterocycles. The van der Waals surface area contributed by atoms with E-state index < -0.39 is 0 Å². The van der Waals surface area contributed by atoms with Crippen LogP contribution in [0.25, 0.3) is 0 Å². The van der Waals surface area contributed by atoms with Crippen molar-refractivity contribution in [3.8, 4) is 0 Å². The van der Waals surface area contributed by atoms with Crippen LogP contribution in [-0.2, 0) is 24.1 Å². The van der Waals surface area contributed by atoms with Crippen molar-refractivity contribution in [2.45, 2.75) is 46.1 Å². The molecule has 25 heavy (non-hydrogen) atoms. The van der Waals surface area contributed by atoms with E-state index in [2.05, 4.69) is 12.1 Å². The summed E-state index contributed by atoms with van der Waals surface area (Å²) in [7, 11) is 0. The second kappa shape index (κ2) is 8.34. The normalized spacial score (nSPS) is 16.6.